The van der Waals surface area contributed by atoms with Crippen molar-refractivity contribution >= 4 is 17.9 Å². The highest BCUT2D eigenvalue weighted by Crippen LogP contribution is 2.36. The maximum absolute atomic E-state index is 12.6. The highest BCUT2D eigenvalue weighted by molar-refractivity contribution is 5.97. The van der Waals surface area contributed by atoms with Crippen LogP contribution in [0.15, 0.2) is 36.4 Å². The van der Waals surface area contributed by atoms with Crippen LogP contribution >= 0.6 is 0 Å². The summed E-state index contributed by atoms with van der Waals surface area (Å²) in [5, 5.41) is 2.89. The molecule has 0 heterocycles. The Hall–Kier alpha value is -2.82. The van der Waals surface area contributed by atoms with Gasteiger partial charge in [-0.3, -0.25) is 9.59 Å². The van der Waals surface area contributed by atoms with E-state index in [1.165, 1.54) is 5.56 Å². The second-order valence-corrected chi connectivity index (χ2v) is 6.11. The standard InChI is InChI=1S/C20H21NO4/c1-24-18-10-13-7-8-14(9-16(13)11-19(18)25-2)20(23)21-17-6-4-3-5-15(17)12-22/h3-6,10-12,14H,7-9H2,1-2H3,(H,21,23). The van der Waals surface area contributed by atoms with Gasteiger partial charge < -0.3 is 14.8 Å². The van der Waals surface area contributed by atoms with Gasteiger partial charge in [0.1, 0.15) is 0 Å². The Labute approximate surface area is 147 Å². The number of benzene rings is 2. The number of methoxy groups -OCH3 is 2. The van der Waals surface area contributed by atoms with Gasteiger partial charge >= 0.3 is 0 Å². The molecule has 0 saturated carbocycles. The molecule has 1 aliphatic carbocycles. The van der Waals surface area contributed by atoms with Gasteiger partial charge in [0.25, 0.3) is 0 Å². The van der Waals surface area contributed by atoms with E-state index in [-0.39, 0.29) is 11.8 Å². The largest absolute Gasteiger partial charge is 0.493 e. The summed E-state index contributed by atoms with van der Waals surface area (Å²) < 4.78 is 10.7. The number of hydrogen-bond donors (Lipinski definition) is 1. The van der Waals surface area contributed by atoms with Crippen molar-refractivity contribution < 1.29 is 19.1 Å². The van der Waals surface area contributed by atoms with Gasteiger partial charge in [-0.25, -0.2) is 0 Å². The van der Waals surface area contributed by atoms with Crippen LogP contribution in [-0.2, 0) is 17.6 Å². The second-order valence-electron chi connectivity index (χ2n) is 6.11. The van der Waals surface area contributed by atoms with Gasteiger partial charge in [-0.1, -0.05) is 12.1 Å². The lowest BCUT2D eigenvalue weighted by Crippen LogP contribution is -2.28. The molecule has 130 valence electrons. The number of anilines is 1. The van der Waals surface area contributed by atoms with Crippen molar-refractivity contribution in [1.82, 2.24) is 0 Å². The number of para-hydroxylation sites is 1. The molecule has 0 spiro atoms. The summed E-state index contributed by atoms with van der Waals surface area (Å²) in [6.07, 6.45) is 2.97. The zero-order valence-electron chi connectivity index (χ0n) is 14.4. The lowest BCUT2D eigenvalue weighted by Gasteiger charge is -2.25. The number of rotatable bonds is 5. The van der Waals surface area contributed by atoms with Crippen molar-refractivity contribution in [3.8, 4) is 11.5 Å². The van der Waals surface area contributed by atoms with Gasteiger partial charge in [-0.05, 0) is 54.7 Å². The smallest absolute Gasteiger partial charge is 0.227 e. The summed E-state index contributed by atoms with van der Waals surface area (Å²) in [4.78, 5) is 23.7. The molecule has 0 aromatic heterocycles. The fourth-order valence-electron chi connectivity index (χ4n) is 3.26. The Kier molecular flexibility index (Phi) is 5.03. The number of amides is 1. The van der Waals surface area contributed by atoms with E-state index >= 15 is 0 Å². The van der Waals surface area contributed by atoms with Gasteiger partial charge in [0, 0.05) is 11.5 Å². The monoisotopic (exact) mass is 339 g/mol. The van der Waals surface area contributed by atoms with Crippen LogP contribution in [0.4, 0.5) is 5.69 Å². The summed E-state index contributed by atoms with van der Waals surface area (Å²) in [7, 11) is 3.22. The van der Waals surface area contributed by atoms with Crippen LogP contribution in [0.1, 0.15) is 27.9 Å². The van der Waals surface area contributed by atoms with E-state index in [4.69, 9.17) is 9.47 Å². The SMILES string of the molecule is COc1cc2c(cc1OC)CC(C(=O)Nc1ccccc1C=O)CC2. The zero-order valence-corrected chi connectivity index (χ0v) is 14.4. The number of ether oxygens (including phenoxy) is 2. The van der Waals surface area contributed by atoms with E-state index in [1.807, 2.05) is 12.1 Å². The summed E-state index contributed by atoms with van der Waals surface area (Å²) in [5.74, 6) is 1.19. The third-order valence-electron chi connectivity index (χ3n) is 4.65. The van der Waals surface area contributed by atoms with Crippen molar-refractivity contribution in [3.05, 3.63) is 53.1 Å². The summed E-state index contributed by atoms with van der Waals surface area (Å²) in [6.45, 7) is 0. The maximum atomic E-state index is 12.6. The molecular formula is C20H21NO4. The summed E-state index contributed by atoms with van der Waals surface area (Å²) >= 11 is 0. The fourth-order valence-corrected chi connectivity index (χ4v) is 3.26. The number of aryl methyl sites for hydroxylation is 1. The Morgan fingerprint density at radius 2 is 1.80 bits per heavy atom. The van der Waals surface area contributed by atoms with Crippen molar-refractivity contribution in [3.63, 3.8) is 0 Å². The highest BCUT2D eigenvalue weighted by Gasteiger charge is 2.26. The van der Waals surface area contributed by atoms with Crippen molar-refractivity contribution in [2.24, 2.45) is 5.92 Å². The average molecular weight is 339 g/mol. The Bertz CT molecular complexity index is 800. The van der Waals surface area contributed by atoms with Crippen LogP contribution in [0.3, 0.4) is 0 Å². The van der Waals surface area contributed by atoms with Crippen molar-refractivity contribution in [2.45, 2.75) is 19.3 Å². The maximum Gasteiger partial charge on any atom is 0.227 e. The van der Waals surface area contributed by atoms with Crippen molar-refractivity contribution in [1.29, 1.82) is 0 Å². The molecule has 1 atom stereocenters. The molecule has 2 aromatic carbocycles. The average Bonchev–Trinajstić information content (AvgIpc) is 2.66. The number of carbonyl (C=O) groups is 2. The van der Waals surface area contributed by atoms with E-state index < -0.39 is 0 Å². The number of carbonyl (C=O) groups excluding carboxylic acids is 2. The highest BCUT2D eigenvalue weighted by atomic mass is 16.5. The van der Waals surface area contributed by atoms with Gasteiger partial charge in [0.2, 0.25) is 5.91 Å². The molecule has 0 aliphatic heterocycles. The second kappa shape index (κ2) is 7.38. The minimum absolute atomic E-state index is 0.0604. The third-order valence-corrected chi connectivity index (χ3v) is 4.65. The zero-order chi connectivity index (χ0) is 17.8. The Morgan fingerprint density at radius 1 is 1.12 bits per heavy atom. The quantitative estimate of drug-likeness (QED) is 0.849. The number of nitrogens with one attached hydrogen (secondary N) is 1. The van der Waals surface area contributed by atoms with Crippen LogP contribution < -0.4 is 14.8 Å². The number of fused-ring (bicyclic) bond motifs is 1. The molecule has 0 bridgehead atoms. The van der Waals surface area contributed by atoms with Crippen LogP contribution in [0.2, 0.25) is 0 Å². The molecule has 5 nitrogen and oxygen atoms in total. The van der Waals surface area contributed by atoms with Gasteiger partial charge in [0.05, 0.1) is 19.9 Å². The Morgan fingerprint density at radius 3 is 2.48 bits per heavy atom. The van der Waals surface area contributed by atoms with Crippen LogP contribution in [0.5, 0.6) is 11.5 Å². The molecule has 3 rings (SSSR count). The first-order valence-electron chi connectivity index (χ1n) is 8.25. The third kappa shape index (κ3) is 3.50. The minimum Gasteiger partial charge on any atom is -0.493 e. The molecule has 0 fully saturated rings. The van der Waals surface area contributed by atoms with Crippen LogP contribution in [0.25, 0.3) is 0 Å². The fraction of sp³-hybridized carbons (Fsp3) is 0.300. The minimum atomic E-state index is -0.134. The van der Waals surface area contributed by atoms with Crippen molar-refractivity contribution in [2.75, 3.05) is 19.5 Å². The summed E-state index contributed by atoms with van der Waals surface area (Å²) in [5.41, 5.74) is 3.33. The molecule has 0 saturated heterocycles. The molecule has 1 aliphatic rings. The van der Waals surface area contributed by atoms with E-state index in [2.05, 4.69) is 5.32 Å². The topological polar surface area (TPSA) is 64.6 Å². The normalized spacial score (nSPS) is 15.8. The van der Waals surface area contributed by atoms with Crippen LogP contribution in [0, 0.1) is 5.92 Å². The number of aldehydes is 1. The van der Waals surface area contributed by atoms with Crippen LogP contribution in [-0.4, -0.2) is 26.4 Å². The predicted octanol–water partition coefficient (Wildman–Crippen LogP) is 3.26. The van der Waals surface area contributed by atoms with E-state index in [1.54, 1.807) is 38.5 Å². The lowest BCUT2D eigenvalue weighted by atomic mass is 9.83. The molecule has 5 heteroatoms. The molecule has 0 radical (unpaired) electrons. The summed E-state index contributed by atoms with van der Waals surface area (Å²) in [6, 6.07) is 10.9. The molecule has 25 heavy (non-hydrogen) atoms. The molecule has 1 N–H and O–H groups in total. The molecule has 1 amide bonds. The van der Waals surface area contributed by atoms with E-state index in [0.29, 0.717) is 29.2 Å². The van der Waals surface area contributed by atoms with E-state index in [0.717, 1.165) is 24.7 Å². The lowest BCUT2D eigenvalue weighted by molar-refractivity contribution is -0.120. The van der Waals surface area contributed by atoms with E-state index in [9.17, 15) is 9.59 Å². The molecular weight excluding hydrogens is 318 g/mol. The first-order valence-corrected chi connectivity index (χ1v) is 8.25. The predicted molar refractivity (Wildman–Crippen MR) is 95.5 cm³/mol. The van der Waals surface area contributed by atoms with Gasteiger partial charge in [-0.2, -0.15) is 0 Å². The van der Waals surface area contributed by atoms with Gasteiger partial charge in [-0.15, -0.1) is 0 Å². The number of hydrogen-bond acceptors (Lipinski definition) is 4. The Balaban J connectivity index is 1.78. The van der Waals surface area contributed by atoms with Gasteiger partial charge in [0.15, 0.2) is 17.8 Å². The first kappa shape index (κ1) is 17.0. The first-order chi connectivity index (χ1) is 12.2. The molecule has 1 unspecified atom stereocenters. The molecule has 2 aromatic rings.